The number of benzene rings is 3. The molecule has 0 saturated carbocycles. The molecule has 0 aliphatic rings. The van der Waals surface area contributed by atoms with Crippen molar-refractivity contribution < 1.29 is 42.1 Å². The molecule has 0 bridgehead atoms. The van der Waals surface area contributed by atoms with Gasteiger partial charge < -0.3 is 25.6 Å². The van der Waals surface area contributed by atoms with Gasteiger partial charge >= 0.3 is 6.18 Å². The molecule has 0 unspecified atom stereocenters. The lowest BCUT2D eigenvalue weighted by Crippen LogP contribution is -2.40. The minimum atomic E-state index is -4.71. The third-order valence-corrected chi connectivity index (χ3v) is 5.77. The molecule has 0 spiro atoms. The van der Waals surface area contributed by atoms with Crippen LogP contribution in [0.1, 0.15) is 20.7 Å². The van der Waals surface area contributed by atoms with Crippen LogP contribution in [0.5, 0.6) is 5.75 Å². The van der Waals surface area contributed by atoms with Crippen LogP contribution in [0.2, 0.25) is 10.0 Å². The average molecular weight is 575 g/mol. The number of aliphatic hydroxyl groups excluding tert-OH is 2. The summed E-state index contributed by atoms with van der Waals surface area (Å²) in [6.07, 6.45) is -4.71. The van der Waals surface area contributed by atoms with Crippen LogP contribution < -0.4 is 15.4 Å². The lowest BCUT2D eigenvalue weighted by molar-refractivity contribution is -0.153. The third kappa shape index (κ3) is 7.35. The standard InChI is InChI=1S/C25H20Cl2F4N2O5/c26-17-6-4-14(23(36)32-15(10-34)11-35)8-16(17)13-5-7-20(21(9-13)38-12-25(29,30)31)33-24(37)22-18(27)2-1-3-19(22)28/h1-9,15,34-35H,10-12H2,(H,32,36)(H,33,37). The maximum absolute atomic E-state index is 14.2. The molecule has 0 atom stereocenters. The number of amides is 2. The van der Waals surface area contributed by atoms with Gasteiger partial charge in [-0.2, -0.15) is 13.2 Å². The van der Waals surface area contributed by atoms with Crippen LogP contribution in [-0.4, -0.2) is 54.1 Å². The molecule has 38 heavy (non-hydrogen) atoms. The molecule has 3 aromatic rings. The van der Waals surface area contributed by atoms with Gasteiger partial charge in [0.15, 0.2) is 6.61 Å². The molecule has 7 nitrogen and oxygen atoms in total. The van der Waals surface area contributed by atoms with E-state index in [2.05, 4.69) is 10.6 Å². The molecule has 13 heteroatoms. The fourth-order valence-electron chi connectivity index (χ4n) is 3.28. The fourth-order valence-corrected chi connectivity index (χ4v) is 3.75. The minimum absolute atomic E-state index is 0.0839. The number of anilines is 1. The summed E-state index contributed by atoms with van der Waals surface area (Å²) < 4.78 is 57.8. The second-order valence-electron chi connectivity index (χ2n) is 7.90. The Kier molecular flexibility index (Phi) is 9.55. The van der Waals surface area contributed by atoms with Gasteiger partial charge in [0, 0.05) is 16.1 Å². The molecular weight excluding hydrogens is 555 g/mol. The molecule has 0 heterocycles. The number of halogens is 6. The highest BCUT2D eigenvalue weighted by molar-refractivity contribution is 6.34. The van der Waals surface area contributed by atoms with E-state index in [1.807, 2.05) is 0 Å². The van der Waals surface area contributed by atoms with Crippen molar-refractivity contribution in [1.29, 1.82) is 0 Å². The molecule has 4 N–H and O–H groups in total. The molecule has 0 radical (unpaired) electrons. The van der Waals surface area contributed by atoms with Gasteiger partial charge in [0.05, 0.1) is 35.5 Å². The normalized spacial score (nSPS) is 11.4. The Balaban J connectivity index is 1.99. The van der Waals surface area contributed by atoms with Gasteiger partial charge in [-0.05, 0) is 48.0 Å². The smallest absolute Gasteiger partial charge is 0.422 e. The Hall–Kier alpha value is -3.38. The number of rotatable bonds is 9. The monoisotopic (exact) mass is 574 g/mol. The summed E-state index contributed by atoms with van der Waals surface area (Å²) in [5, 5.41) is 23.0. The highest BCUT2D eigenvalue weighted by Crippen LogP contribution is 2.36. The molecule has 0 aliphatic carbocycles. The van der Waals surface area contributed by atoms with E-state index in [9.17, 15) is 37.4 Å². The molecule has 0 aliphatic heterocycles. The van der Waals surface area contributed by atoms with E-state index < -0.39 is 61.0 Å². The van der Waals surface area contributed by atoms with E-state index in [1.165, 1.54) is 42.5 Å². The first kappa shape index (κ1) is 29.2. The van der Waals surface area contributed by atoms with Crippen LogP contribution in [0.15, 0.2) is 54.6 Å². The molecule has 3 aromatic carbocycles. The Morgan fingerprint density at radius 1 is 0.947 bits per heavy atom. The van der Waals surface area contributed by atoms with Crippen molar-refractivity contribution in [2.45, 2.75) is 12.2 Å². The van der Waals surface area contributed by atoms with Crippen LogP contribution in [-0.2, 0) is 0 Å². The number of nitrogens with one attached hydrogen (secondary N) is 2. The van der Waals surface area contributed by atoms with E-state index in [0.29, 0.717) is 0 Å². The van der Waals surface area contributed by atoms with Crippen molar-refractivity contribution in [3.8, 4) is 16.9 Å². The quantitative estimate of drug-likeness (QED) is 0.267. The highest BCUT2D eigenvalue weighted by Gasteiger charge is 2.29. The first-order chi connectivity index (χ1) is 17.9. The van der Waals surface area contributed by atoms with Gasteiger partial charge in [0.1, 0.15) is 11.6 Å². The van der Waals surface area contributed by atoms with Crippen molar-refractivity contribution in [2.75, 3.05) is 25.1 Å². The topological polar surface area (TPSA) is 108 Å². The first-order valence-corrected chi connectivity index (χ1v) is 11.6. The Morgan fingerprint density at radius 2 is 1.66 bits per heavy atom. The number of aliphatic hydroxyl groups is 2. The summed E-state index contributed by atoms with van der Waals surface area (Å²) in [6, 6.07) is 10.5. The lowest BCUT2D eigenvalue weighted by Gasteiger charge is -2.17. The zero-order valence-corrected chi connectivity index (χ0v) is 20.8. The van der Waals surface area contributed by atoms with Crippen LogP contribution in [0.25, 0.3) is 11.1 Å². The van der Waals surface area contributed by atoms with Gasteiger partial charge in [-0.15, -0.1) is 0 Å². The van der Waals surface area contributed by atoms with E-state index >= 15 is 0 Å². The number of hydrogen-bond acceptors (Lipinski definition) is 5. The summed E-state index contributed by atoms with van der Waals surface area (Å²) in [6.45, 7) is -2.71. The minimum Gasteiger partial charge on any atom is -0.482 e. The zero-order chi connectivity index (χ0) is 28.0. The molecule has 0 saturated heterocycles. The molecule has 0 fully saturated rings. The fraction of sp³-hybridized carbons (Fsp3) is 0.200. The Morgan fingerprint density at radius 3 is 2.29 bits per heavy atom. The van der Waals surface area contributed by atoms with Crippen molar-refractivity contribution in [2.24, 2.45) is 0 Å². The van der Waals surface area contributed by atoms with Crippen LogP contribution in [0.3, 0.4) is 0 Å². The van der Waals surface area contributed by atoms with Crippen molar-refractivity contribution >= 4 is 40.7 Å². The molecule has 202 valence electrons. The maximum Gasteiger partial charge on any atom is 0.422 e. The molecular formula is C25H20Cl2F4N2O5. The van der Waals surface area contributed by atoms with Gasteiger partial charge in [-0.1, -0.05) is 35.3 Å². The average Bonchev–Trinajstić information content (AvgIpc) is 2.86. The summed E-state index contributed by atoms with van der Waals surface area (Å²) in [4.78, 5) is 25.2. The SMILES string of the molecule is O=C(NC(CO)CO)c1ccc(Cl)c(-c2ccc(NC(=O)c3c(F)cccc3Cl)c(OCC(F)(F)F)c2)c1. The highest BCUT2D eigenvalue weighted by atomic mass is 35.5. The van der Waals surface area contributed by atoms with Gasteiger partial charge in [-0.25, -0.2) is 4.39 Å². The summed E-state index contributed by atoms with van der Waals surface area (Å²) in [5.41, 5.74) is -0.173. The predicted molar refractivity (Wildman–Crippen MR) is 133 cm³/mol. The van der Waals surface area contributed by atoms with Crippen LogP contribution >= 0.6 is 23.2 Å². The summed E-state index contributed by atoms with van der Waals surface area (Å²) >= 11 is 12.2. The Bertz CT molecular complexity index is 1310. The second kappa shape index (κ2) is 12.4. The van der Waals surface area contributed by atoms with Gasteiger partial charge in [0.2, 0.25) is 0 Å². The summed E-state index contributed by atoms with van der Waals surface area (Å²) in [7, 11) is 0. The van der Waals surface area contributed by atoms with Gasteiger partial charge in [0.25, 0.3) is 11.8 Å². The van der Waals surface area contributed by atoms with Crippen molar-refractivity contribution in [3.05, 3.63) is 81.6 Å². The first-order valence-electron chi connectivity index (χ1n) is 10.8. The van der Waals surface area contributed by atoms with Crippen LogP contribution in [0.4, 0.5) is 23.2 Å². The summed E-state index contributed by atoms with van der Waals surface area (Å²) in [5.74, 6) is -3.00. The maximum atomic E-state index is 14.2. The lowest BCUT2D eigenvalue weighted by atomic mass is 10.0. The number of hydrogen-bond donors (Lipinski definition) is 4. The van der Waals surface area contributed by atoms with E-state index in [0.717, 1.165) is 12.1 Å². The van der Waals surface area contributed by atoms with E-state index in [-0.39, 0.29) is 32.4 Å². The van der Waals surface area contributed by atoms with Gasteiger partial charge in [-0.3, -0.25) is 9.59 Å². The zero-order valence-electron chi connectivity index (χ0n) is 19.3. The molecule has 2 amide bonds. The molecule has 3 rings (SSSR count). The largest absolute Gasteiger partial charge is 0.482 e. The second-order valence-corrected chi connectivity index (χ2v) is 8.71. The van der Waals surface area contributed by atoms with Crippen molar-refractivity contribution in [1.82, 2.24) is 5.32 Å². The Labute approximate surface area is 223 Å². The number of carbonyl (C=O) groups excluding carboxylic acids is 2. The van der Waals surface area contributed by atoms with Crippen LogP contribution in [0, 0.1) is 5.82 Å². The van der Waals surface area contributed by atoms with E-state index in [1.54, 1.807) is 0 Å². The number of alkyl halides is 3. The molecule has 0 aromatic heterocycles. The number of carbonyl (C=O) groups is 2. The number of ether oxygens (including phenoxy) is 1. The predicted octanol–water partition coefficient (Wildman–Crippen LogP) is 5.08. The van der Waals surface area contributed by atoms with E-state index in [4.69, 9.17) is 27.9 Å². The third-order valence-electron chi connectivity index (χ3n) is 5.13. The van der Waals surface area contributed by atoms with Crippen molar-refractivity contribution in [3.63, 3.8) is 0 Å².